The lowest BCUT2D eigenvalue weighted by atomic mass is 9.87. The van der Waals surface area contributed by atoms with Crippen LogP contribution in [0.2, 0.25) is 0 Å². The molecule has 0 radical (unpaired) electrons. The molecule has 2 saturated heterocycles. The van der Waals surface area contributed by atoms with E-state index in [0.717, 1.165) is 19.0 Å². The van der Waals surface area contributed by atoms with Gasteiger partial charge in [-0.15, -0.1) is 0 Å². The molecule has 0 N–H and O–H groups in total. The molecule has 148 valence electrons. The maximum absolute atomic E-state index is 13.3. The van der Waals surface area contributed by atoms with Crippen molar-refractivity contribution in [3.63, 3.8) is 0 Å². The second-order valence-electron chi connectivity index (χ2n) is 7.96. The third-order valence-corrected chi connectivity index (χ3v) is 6.11. The van der Waals surface area contributed by atoms with Crippen LogP contribution in [0.25, 0.3) is 0 Å². The summed E-state index contributed by atoms with van der Waals surface area (Å²) in [6.07, 6.45) is 3.55. The van der Waals surface area contributed by atoms with E-state index in [0.29, 0.717) is 29.8 Å². The first kappa shape index (κ1) is 17.8. The number of carbonyl (C=O) groups is 1. The highest BCUT2D eigenvalue weighted by atomic mass is 16.5. The Bertz CT molecular complexity index is 1030. The van der Waals surface area contributed by atoms with Gasteiger partial charge < -0.3 is 14.3 Å². The Morgan fingerprint density at radius 2 is 1.86 bits per heavy atom. The number of anilines is 1. The number of nitrogens with zero attached hydrogens (tertiary/aromatic N) is 5. The highest BCUT2D eigenvalue weighted by Crippen LogP contribution is 2.46. The number of aryl methyl sites for hydroxylation is 2. The topological polar surface area (TPSA) is 75.4 Å². The van der Waals surface area contributed by atoms with E-state index in [2.05, 4.69) is 39.1 Å². The van der Waals surface area contributed by atoms with Gasteiger partial charge in [-0.1, -0.05) is 29.4 Å². The van der Waals surface area contributed by atoms with Gasteiger partial charge in [0.2, 0.25) is 5.95 Å². The van der Waals surface area contributed by atoms with Gasteiger partial charge in [-0.05, 0) is 31.0 Å². The van der Waals surface area contributed by atoms with Crippen LogP contribution in [0.5, 0.6) is 0 Å². The van der Waals surface area contributed by atoms with Gasteiger partial charge >= 0.3 is 0 Å². The van der Waals surface area contributed by atoms with E-state index >= 15 is 0 Å². The standard InChI is InChI=1S/C22H23N5O2/c1-14-6-3-4-7-17(14)20-18-13-26(22-23-8-5-9-24-22)11-16(18)12-27(20)21(28)19-10-15(2)29-25-19/h3-10,16,18,20H,11-13H2,1-2H3/t16-,18-,20+/m0/s1. The van der Waals surface area contributed by atoms with Crippen molar-refractivity contribution in [3.8, 4) is 0 Å². The predicted octanol–water partition coefficient (Wildman–Crippen LogP) is 3.03. The molecular weight excluding hydrogens is 366 g/mol. The maximum atomic E-state index is 13.3. The molecule has 2 aliphatic rings. The van der Waals surface area contributed by atoms with Crippen LogP contribution in [0, 0.1) is 25.7 Å². The number of likely N-dealkylation sites (tertiary alicyclic amines) is 1. The van der Waals surface area contributed by atoms with Crippen LogP contribution < -0.4 is 4.90 Å². The molecule has 2 fully saturated rings. The summed E-state index contributed by atoms with van der Waals surface area (Å²) in [4.78, 5) is 26.4. The van der Waals surface area contributed by atoms with Crippen molar-refractivity contribution in [1.82, 2.24) is 20.0 Å². The Hall–Kier alpha value is -3.22. The number of rotatable bonds is 3. The lowest BCUT2D eigenvalue weighted by molar-refractivity contribution is 0.0704. The second kappa shape index (κ2) is 6.99. The minimum absolute atomic E-state index is 0.000539. The first-order valence-electron chi connectivity index (χ1n) is 9.93. The van der Waals surface area contributed by atoms with Crippen LogP contribution in [-0.2, 0) is 0 Å². The van der Waals surface area contributed by atoms with Gasteiger partial charge in [0.15, 0.2) is 5.69 Å². The van der Waals surface area contributed by atoms with Crippen molar-refractivity contribution < 1.29 is 9.32 Å². The van der Waals surface area contributed by atoms with Crippen LogP contribution >= 0.6 is 0 Å². The van der Waals surface area contributed by atoms with Crippen LogP contribution in [0.4, 0.5) is 5.95 Å². The number of hydrogen-bond acceptors (Lipinski definition) is 6. The molecular formula is C22H23N5O2. The van der Waals surface area contributed by atoms with E-state index in [-0.39, 0.29) is 11.9 Å². The monoisotopic (exact) mass is 389 g/mol. The van der Waals surface area contributed by atoms with Gasteiger partial charge in [-0.3, -0.25) is 4.79 Å². The van der Waals surface area contributed by atoms with E-state index in [1.807, 2.05) is 23.1 Å². The average Bonchev–Trinajstić information content (AvgIpc) is 3.43. The van der Waals surface area contributed by atoms with Gasteiger partial charge in [-0.25, -0.2) is 9.97 Å². The Morgan fingerprint density at radius 1 is 1.07 bits per heavy atom. The summed E-state index contributed by atoms with van der Waals surface area (Å²) >= 11 is 0. The first-order chi connectivity index (χ1) is 14.1. The summed E-state index contributed by atoms with van der Waals surface area (Å²) in [6, 6.07) is 11.9. The van der Waals surface area contributed by atoms with E-state index in [4.69, 9.17) is 4.52 Å². The molecule has 2 aromatic heterocycles. The number of benzene rings is 1. The van der Waals surface area contributed by atoms with Crippen LogP contribution in [-0.4, -0.2) is 45.6 Å². The van der Waals surface area contributed by atoms with Crippen LogP contribution in [0.1, 0.15) is 33.4 Å². The molecule has 29 heavy (non-hydrogen) atoms. The minimum atomic E-state index is -0.0629. The van der Waals surface area contributed by atoms with Crippen molar-refractivity contribution in [2.75, 3.05) is 24.5 Å². The van der Waals surface area contributed by atoms with Crippen molar-refractivity contribution in [2.45, 2.75) is 19.9 Å². The smallest absolute Gasteiger partial charge is 0.276 e. The Morgan fingerprint density at radius 3 is 2.59 bits per heavy atom. The van der Waals surface area contributed by atoms with Crippen molar-refractivity contribution in [3.05, 3.63) is 71.4 Å². The molecule has 0 aliphatic carbocycles. The van der Waals surface area contributed by atoms with Crippen molar-refractivity contribution in [1.29, 1.82) is 0 Å². The number of fused-ring (bicyclic) bond motifs is 1. The molecule has 2 aliphatic heterocycles. The Kier molecular flexibility index (Phi) is 4.30. The van der Waals surface area contributed by atoms with Gasteiger partial charge in [0.05, 0.1) is 6.04 Å². The fraction of sp³-hybridized carbons (Fsp3) is 0.364. The van der Waals surface area contributed by atoms with E-state index in [9.17, 15) is 4.79 Å². The third-order valence-electron chi connectivity index (χ3n) is 6.11. The van der Waals surface area contributed by atoms with Gasteiger partial charge in [-0.2, -0.15) is 0 Å². The molecule has 0 saturated carbocycles. The molecule has 0 bridgehead atoms. The van der Waals surface area contributed by atoms with Gasteiger partial charge in [0.1, 0.15) is 5.76 Å². The predicted molar refractivity (Wildman–Crippen MR) is 107 cm³/mol. The minimum Gasteiger partial charge on any atom is -0.361 e. The fourth-order valence-corrected chi connectivity index (χ4v) is 4.80. The molecule has 0 unspecified atom stereocenters. The molecule has 7 nitrogen and oxygen atoms in total. The molecule has 1 amide bonds. The number of hydrogen-bond donors (Lipinski definition) is 0. The zero-order valence-electron chi connectivity index (χ0n) is 16.5. The Balaban J connectivity index is 1.50. The van der Waals surface area contributed by atoms with Crippen LogP contribution in [0.3, 0.4) is 0 Å². The zero-order chi connectivity index (χ0) is 20.0. The third kappa shape index (κ3) is 3.06. The molecule has 3 atom stereocenters. The summed E-state index contributed by atoms with van der Waals surface area (Å²) < 4.78 is 5.16. The van der Waals surface area contributed by atoms with Crippen molar-refractivity contribution in [2.24, 2.45) is 11.8 Å². The highest BCUT2D eigenvalue weighted by molar-refractivity contribution is 5.93. The fourth-order valence-electron chi connectivity index (χ4n) is 4.80. The largest absolute Gasteiger partial charge is 0.361 e. The van der Waals surface area contributed by atoms with E-state index < -0.39 is 0 Å². The maximum Gasteiger partial charge on any atom is 0.276 e. The SMILES string of the molecule is Cc1cc(C(=O)N2C[C@@H]3CN(c4ncccn4)C[C@@H]3[C@H]2c2ccccc2C)no1. The summed E-state index contributed by atoms with van der Waals surface area (Å²) in [5.41, 5.74) is 2.77. The lowest BCUT2D eigenvalue weighted by Gasteiger charge is -2.30. The highest BCUT2D eigenvalue weighted by Gasteiger charge is 2.50. The summed E-state index contributed by atoms with van der Waals surface area (Å²) in [5, 5.41) is 3.97. The zero-order valence-corrected chi connectivity index (χ0v) is 16.5. The number of aromatic nitrogens is 3. The number of amides is 1. The molecule has 5 rings (SSSR count). The number of carbonyl (C=O) groups excluding carboxylic acids is 1. The summed E-state index contributed by atoms with van der Waals surface area (Å²) in [5.74, 6) is 2.02. The van der Waals surface area contributed by atoms with Crippen molar-refractivity contribution >= 4 is 11.9 Å². The summed E-state index contributed by atoms with van der Waals surface area (Å²) in [7, 11) is 0. The molecule has 7 heteroatoms. The lowest BCUT2D eigenvalue weighted by Crippen LogP contribution is -2.36. The molecule has 0 spiro atoms. The first-order valence-corrected chi connectivity index (χ1v) is 9.93. The quantitative estimate of drug-likeness (QED) is 0.685. The van der Waals surface area contributed by atoms with E-state index in [1.165, 1.54) is 11.1 Å². The second-order valence-corrected chi connectivity index (χ2v) is 7.96. The van der Waals surface area contributed by atoms with Crippen LogP contribution in [0.15, 0.2) is 53.3 Å². The van der Waals surface area contributed by atoms with E-state index in [1.54, 1.807) is 25.4 Å². The molecule has 3 aromatic rings. The van der Waals surface area contributed by atoms with Gasteiger partial charge in [0.25, 0.3) is 5.91 Å². The van der Waals surface area contributed by atoms with Gasteiger partial charge in [0, 0.05) is 49.9 Å². The summed E-state index contributed by atoms with van der Waals surface area (Å²) in [6.45, 7) is 6.28. The molecule has 1 aromatic carbocycles. The average molecular weight is 389 g/mol. The Labute approximate surface area is 169 Å². The molecule has 4 heterocycles. The normalized spacial score (nSPS) is 23.4.